The predicted octanol–water partition coefficient (Wildman–Crippen LogP) is 4.18. The summed E-state index contributed by atoms with van der Waals surface area (Å²) >= 11 is 0. The summed E-state index contributed by atoms with van der Waals surface area (Å²) in [5, 5.41) is 0. The molecule has 14 heavy (non-hydrogen) atoms. The number of hydrogen-bond donors (Lipinski definition) is 0. The summed E-state index contributed by atoms with van der Waals surface area (Å²) in [6.07, 6.45) is 4.18. The number of nitrogens with zero attached hydrogens (tertiary/aromatic N) is 1. The van der Waals surface area contributed by atoms with E-state index in [1.807, 2.05) is 27.7 Å². The summed E-state index contributed by atoms with van der Waals surface area (Å²) < 4.78 is 0. The Labute approximate surface area is 91.9 Å². The second-order valence-electron chi connectivity index (χ2n) is 4.05. The second-order valence-corrected chi connectivity index (χ2v) is 4.05. The lowest BCUT2D eigenvalue weighted by atomic mass is 10.1. The molecule has 1 saturated carbocycles. The molecule has 0 N–H and O–H groups in total. The van der Waals surface area contributed by atoms with Gasteiger partial charge in [-0.3, -0.25) is 0 Å². The Balaban J connectivity index is 0. The summed E-state index contributed by atoms with van der Waals surface area (Å²) in [6.45, 7) is 15.2. The highest BCUT2D eigenvalue weighted by Gasteiger charge is 2.37. The van der Waals surface area contributed by atoms with Crippen LogP contribution < -0.4 is 0 Å². The van der Waals surface area contributed by atoms with E-state index in [1.54, 1.807) is 0 Å². The van der Waals surface area contributed by atoms with Crippen LogP contribution >= 0.6 is 0 Å². The second kappa shape index (κ2) is 9.51. The van der Waals surface area contributed by atoms with Crippen molar-refractivity contribution in [1.29, 1.82) is 0 Å². The zero-order valence-corrected chi connectivity index (χ0v) is 11.5. The van der Waals surface area contributed by atoms with Gasteiger partial charge in [0.2, 0.25) is 0 Å². The third kappa shape index (κ3) is 8.55. The molecule has 0 atom stereocenters. The molecular formula is C13H31N. The molecule has 0 amide bonds. The standard InChI is InChI=1S/C9H19N.2C2H6/c1-4-7-10(3)8-9(2)5-6-9;2*1-2/h4-8H2,1-3H3;2*1-2H3. The van der Waals surface area contributed by atoms with Gasteiger partial charge in [-0.25, -0.2) is 0 Å². The molecule has 0 heterocycles. The van der Waals surface area contributed by atoms with Crippen molar-refractivity contribution in [3.05, 3.63) is 0 Å². The first-order valence-corrected chi connectivity index (χ1v) is 6.35. The Morgan fingerprint density at radius 2 is 1.50 bits per heavy atom. The summed E-state index contributed by atoms with van der Waals surface area (Å²) in [6, 6.07) is 0. The number of rotatable bonds is 4. The first-order chi connectivity index (χ1) is 6.66. The van der Waals surface area contributed by atoms with E-state index in [1.165, 1.54) is 32.4 Å². The lowest BCUT2D eigenvalue weighted by Gasteiger charge is -2.19. The summed E-state index contributed by atoms with van der Waals surface area (Å²) in [5.74, 6) is 0. The van der Waals surface area contributed by atoms with Crippen LogP contribution in [-0.4, -0.2) is 25.0 Å². The highest BCUT2D eigenvalue weighted by molar-refractivity contribution is 4.90. The van der Waals surface area contributed by atoms with E-state index in [0.29, 0.717) is 5.41 Å². The van der Waals surface area contributed by atoms with Crippen molar-refractivity contribution in [1.82, 2.24) is 4.90 Å². The molecule has 0 spiro atoms. The molecule has 0 aliphatic heterocycles. The van der Waals surface area contributed by atoms with Crippen LogP contribution in [0, 0.1) is 5.41 Å². The highest BCUT2D eigenvalue weighted by atomic mass is 15.1. The Hall–Kier alpha value is -0.0400. The van der Waals surface area contributed by atoms with Crippen LogP contribution in [0.2, 0.25) is 0 Å². The van der Waals surface area contributed by atoms with Crippen LogP contribution in [0.15, 0.2) is 0 Å². The molecule has 0 aromatic rings. The molecule has 0 bridgehead atoms. The molecule has 0 aromatic carbocycles. The SMILES string of the molecule is CC.CC.CCCN(C)CC1(C)CC1. The van der Waals surface area contributed by atoms with Crippen molar-refractivity contribution in [2.24, 2.45) is 5.41 Å². The largest absolute Gasteiger partial charge is 0.306 e. The normalized spacial score (nSPS) is 16.3. The van der Waals surface area contributed by atoms with Gasteiger partial charge in [0.1, 0.15) is 0 Å². The zero-order chi connectivity index (χ0) is 11.6. The molecule has 1 fully saturated rings. The van der Waals surface area contributed by atoms with Crippen LogP contribution in [0.4, 0.5) is 0 Å². The molecule has 0 unspecified atom stereocenters. The van der Waals surface area contributed by atoms with Gasteiger partial charge >= 0.3 is 0 Å². The van der Waals surface area contributed by atoms with E-state index >= 15 is 0 Å². The Morgan fingerprint density at radius 3 is 1.79 bits per heavy atom. The van der Waals surface area contributed by atoms with Crippen LogP contribution in [-0.2, 0) is 0 Å². The molecule has 0 saturated heterocycles. The molecular weight excluding hydrogens is 170 g/mol. The van der Waals surface area contributed by atoms with Gasteiger partial charge in [0.25, 0.3) is 0 Å². The van der Waals surface area contributed by atoms with Crippen molar-refractivity contribution in [3.8, 4) is 0 Å². The first kappa shape index (κ1) is 16.4. The average molecular weight is 201 g/mol. The van der Waals surface area contributed by atoms with Crippen LogP contribution in [0.1, 0.15) is 60.8 Å². The topological polar surface area (TPSA) is 3.24 Å². The third-order valence-corrected chi connectivity index (χ3v) is 2.36. The Kier molecular flexibility index (Phi) is 11.1. The predicted molar refractivity (Wildman–Crippen MR) is 67.8 cm³/mol. The molecule has 1 aliphatic rings. The van der Waals surface area contributed by atoms with Gasteiger partial charge in [-0.05, 0) is 38.3 Å². The fourth-order valence-corrected chi connectivity index (χ4v) is 1.48. The highest BCUT2D eigenvalue weighted by Crippen LogP contribution is 2.45. The van der Waals surface area contributed by atoms with Crippen molar-refractivity contribution >= 4 is 0 Å². The molecule has 0 radical (unpaired) electrons. The van der Waals surface area contributed by atoms with E-state index in [-0.39, 0.29) is 0 Å². The van der Waals surface area contributed by atoms with Crippen molar-refractivity contribution in [2.45, 2.75) is 60.8 Å². The maximum absolute atomic E-state index is 2.45. The van der Waals surface area contributed by atoms with E-state index < -0.39 is 0 Å². The van der Waals surface area contributed by atoms with Gasteiger partial charge in [-0.15, -0.1) is 0 Å². The van der Waals surface area contributed by atoms with Gasteiger partial charge in [-0.2, -0.15) is 0 Å². The lowest BCUT2D eigenvalue weighted by Crippen LogP contribution is -2.25. The Morgan fingerprint density at radius 1 is 1.07 bits per heavy atom. The third-order valence-electron chi connectivity index (χ3n) is 2.36. The minimum atomic E-state index is 0.698. The first-order valence-electron chi connectivity index (χ1n) is 6.35. The van der Waals surface area contributed by atoms with Crippen LogP contribution in [0.25, 0.3) is 0 Å². The maximum Gasteiger partial charge on any atom is 0.00323 e. The summed E-state index contributed by atoms with van der Waals surface area (Å²) in [4.78, 5) is 2.45. The average Bonchev–Trinajstić information content (AvgIpc) is 2.90. The van der Waals surface area contributed by atoms with Gasteiger partial charge in [0.05, 0.1) is 0 Å². The van der Waals surface area contributed by atoms with E-state index in [2.05, 4.69) is 25.8 Å². The van der Waals surface area contributed by atoms with E-state index in [4.69, 9.17) is 0 Å². The molecule has 0 aromatic heterocycles. The van der Waals surface area contributed by atoms with Crippen molar-refractivity contribution in [3.63, 3.8) is 0 Å². The van der Waals surface area contributed by atoms with Gasteiger partial charge in [0.15, 0.2) is 0 Å². The van der Waals surface area contributed by atoms with E-state index in [9.17, 15) is 0 Å². The number of hydrogen-bond acceptors (Lipinski definition) is 1. The molecule has 88 valence electrons. The molecule has 1 nitrogen and oxygen atoms in total. The van der Waals surface area contributed by atoms with Crippen molar-refractivity contribution in [2.75, 3.05) is 20.1 Å². The van der Waals surface area contributed by atoms with Gasteiger partial charge < -0.3 is 4.90 Å². The van der Waals surface area contributed by atoms with Crippen molar-refractivity contribution < 1.29 is 0 Å². The summed E-state index contributed by atoms with van der Waals surface area (Å²) in [5.41, 5.74) is 0.698. The minimum absolute atomic E-state index is 0.698. The van der Waals surface area contributed by atoms with Crippen LogP contribution in [0.5, 0.6) is 0 Å². The minimum Gasteiger partial charge on any atom is -0.306 e. The quantitative estimate of drug-likeness (QED) is 0.659. The summed E-state index contributed by atoms with van der Waals surface area (Å²) in [7, 11) is 2.23. The zero-order valence-electron chi connectivity index (χ0n) is 11.5. The van der Waals surface area contributed by atoms with Gasteiger partial charge in [-0.1, -0.05) is 41.5 Å². The molecule has 1 heteroatoms. The lowest BCUT2D eigenvalue weighted by molar-refractivity contribution is 0.275. The monoisotopic (exact) mass is 201 g/mol. The van der Waals surface area contributed by atoms with E-state index in [0.717, 1.165) is 0 Å². The molecule has 1 aliphatic carbocycles. The Bertz CT molecular complexity index is 106. The smallest absolute Gasteiger partial charge is 0.00323 e. The fourth-order valence-electron chi connectivity index (χ4n) is 1.48. The maximum atomic E-state index is 2.45. The van der Waals surface area contributed by atoms with Crippen LogP contribution in [0.3, 0.4) is 0 Å². The fraction of sp³-hybridized carbons (Fsp3) is 1.00. The molecule has 1 rings (SSSR count). The van der Waals surface area contributed by atoms with Gasteiger partial charge in [0, 0.05) is 6.54 Å².